The lowest BCUT2D eigenvalue weighted by Crippen LogP contribution is -2.30. The highest BCUT2D eigenvalue weighted by molar-refractivity contribution is 8.19. The molecule has 0 saturated carbocycles. The van der Waals surface area contributed by atoms with Gasteiger partial charge in [0.15, 0.2) is 6.10 Å². The van der Waals surface area contributed by atoms with Crippen LogP contribution in [-0.2, 0) is 9.53 Å². The molecule has 1 atom stereocenters. The summed E-state index contributed by atoms with van der Waals surface area (Å²) in [5, 5.41) is 2.55. The fourth-order valence-electron chi connectivity index (χ4n) is 2.52. The summed E-state index contributed by atoms with van der Waals surface area (Å²) in [6.45, 7) is 3.12. The predicted molar refractivity (Wildman–Crippen MR) is 109 cm³/mol. The molecule has 1 N–H and O–H groups in total. The monoisotopic (exact) mass is 405 g/mol. The van der Waals surface area contributed by atoms with Gasteiger partial charge >= 0.3 is 5.97 Å². The Labute approximate surface area is 166 Å². The van der Waals surface area contributed by atoms with Crippen molar-refractivity contribution in [2.24, 2.45) is 0 Å². The molecule has 1 aliphatic rings. The SMILES string of the molecule is Cc1ccc(NC(=O)[C@H](C)OC(=O)c2ccc(C3SCCS3)cc2)cc1F. The molecule has 1 fully saturated rings. The summed E-state index contributed by atoms with van der Waals surface area (Å²) in [7, 11) is 0. The Bertz CT molecular complexity index is 836. The number of nitrogens with one attached hydrogen (secondary N) is 1. The van der Waals surface area contributed by atoms with Gasteiger partial charge in [-0.2, -0.15) is 0 Å². The molecule has 0 bridgehead atoms. The van der Waals surface area contributed by atoms with Crippen LogP contribution in [0.3, 0.4) is 0 Å². The minimum atomic E-state index is -0.998. The van der Waals surface area contributed by atoms with E-state index in [-0.39, 0.29) is 0 Å². The summed E-state index contributed by atoms with van der Waals surface area (Å²) in [6, 6.07) is 11.7. The Morgan fingerprint density at radius 2 is 1.81 bits per heavy atom. The normalized spacial score (nSPS) is 15.4. The van der Waals surface area contributed by atoms with Gasteiger partial charge in [0, 0.05) is 17.2 Å². The number of amides is 1. The molecule has 4 nitrogen and oxygen atoms in total. The number of benzene rings is 2. The Balaban J connectivity index is 1.57. The predicted octanol–water partition coefficient (Wildman–Crippen LogP) is 4.80. The third-order valence-corrected chi connectivity index (χ3v) is 7.24. The van der Waals surface area contributed by atoms with Crippen molar-refractivity contribution in [1.82, 2.24) is 0 Å². The van der Waals surface area contributed by atoms with Gasteiger partial charge in [0.25, 0.3) is 5.91 Å². The van der Waals surface area contributed by atoms with Crippen molar-refractivity contribution in [3.05, 3.63) is 65.0 Å². The van der Waals surface area contributed by atoms with Crippen molar-refractivity contribution in [1.29, 1.82) is 0 Å². The quantitative estimate of drug-likeness (QED) is 0.725. The van der Waals surface area contributed by atoms with E-state index < -0.39 is 23.8 Å². The van der Waals surface area contributed by atoms with E-state index in [4.69, 9.17) is 4.74 Å². The van der Waals surface area contributed by atoms with Gasteiger partial charge in [-0.15, -0.1) is 23.5 Å². The number of rotatable bonds is 5. The molecule has 0 spiro atoms. The van der Waals surface area contributed by atoms with Crippen LogP contribution in [0, 0.1) is 12.7 Å². The van der Waals surface area contributed by atoms with E-state index in [9.17, 15) is 14.0 Å². The summed E-state index contributed by atoms with van der Waals surface area (Å²) in [6.07, 6.45) is -0.998. The largest absolute Gasteiger partial charge is 0.449 e. The Kier molecular flexibility index (Phi) is 6.44. The fraction of sp³-hybridized carbons (Fsp3) is 0.300. The second-order valence-electron chi connectivity index (χ2n) is 6.20. The number of anilines is 1. The van der Waals surface area contributed by atoms with Gasteiger partial charge in [-0.1, -0.05) is 18.2 Å². The van der Waals surface area contributed by atoms with Crippen LogP contribution in [0.25, 0.3) is 0 Å². The van der Waals surface area contributed by atoms with Crippen LogP contribution in [0.15, 0.2) is 42.5 Å². The van der Waals surface area contributed by atoms with Gasteiger partial charge in [-0.25, -0.2) is 9.18 Å². The minimum Gasteiger partial charge on any atom is -0.449 e. The average Bonchev–Trinajstić information content (AvgIpc) is 3.19. The molecule has 0 aliphatic carbocycles. The van der Waals surface area contributed by atoms with Gasteiger partial charge in [0.2, 0.25) is 0 Å². The summed E-state index contributed by atoms with van der Waals surface area (Å²) in [5.41, 5.74) is 2.38. The molecule has 3 rings (SSSR count). The number of thioether (sulfide) groups is 2. The highest BCUT2D eigenvalue weighted by Crippen LogP contribution is 2.45. The molecule has 1 heterocycles. The van der Waals surface area contributed by atoms with Crippen LogP contribution in [0.4, 0.5) is 10.1 Å². The highest BCUT2D eigenvalue weighted by atomic mass is 32.2. The zero-order valence-electron chi connectivity index (χ0n) is 15.0. The molecular formula is C20H20FNO3S2. The number of carbonyl (C=O) groups excluding carboxylic acids is 2. The van der Waals surface area contributed by atoms with Gasteiger partial charge < -0.3 is 10.1 Å². The summed E-state index contributed by atoms with van der Waals surface area (Å²) in [4.78, 5) is 24.5. The van der Waals surface area contributed by atoms with Gasteiger partial charge in [0.05, 0.1) is 10.1 Å². The number of hydrogen-bond donors (Lipinski definition) is 1. The van der Waals surface area contributed by atoms with E-state index in [0.717, 1.165) is 11.5 Å². The van der Waals surface area contributed by atoms with E-state index in [0.29, 0.717) is 21.4 Å². The van der Waals surface area contributed by atoms with Gasteiger partial charge in [0.1, 0.15) is 5.82 Å². The number of ether oxygens (including phenoxy) is 1. The number of hydrogen-bond acceptors (Lipinski definition) is 5. The van der Waals surface area contributed by atoms with Crippen LogP contribution in [0.5, 0.6) is 0 Å². The van der Waals surface area contributed by atoms with Crippen molar-refractivity contribution in [3.8, 4) is 0 Å². The molecule has 2 aromatic carbocycles. The average molecular weight is 406 g/mol. The van der Waals surface area contributed by atoms with Crippen LogP contribution >= 0.6 is 23.5 Å². The van der Waals surface area contributed by atoms with Crippen molar-refractivity contribution < 1.29 is 18.7 Å². The van der Waals surface area contributed by atoms with Crippen molar-refractivity contribution in [2.45, 2.75) is 24.5 Å². The third kappa shape index (κ3) is 5.05. The summed E-state index contributed by atoms with van der Waals surface area (Å²) < 4.78 is 19.2. The second kappa shape index (κ2) is 8.80. The van der Waals surface area contributed by atoms with E-state index >= 15 is 0 Å². The Morgan fingerprint density at radius 3 is 2.44 bits per heavy atom. The molecule has 1 amide bonds. The maximum absolute atomic E-state index is 13.6. The van der Waals surface area contributed by atoms with Gasteiger partial charge in [-0.3, -0.25) is 4.79 Å². The molecule has 1 saturated heterocycles. The Hall–Kier alpha value is -1.99. The maximum Gasteiger partial charge on any atom is 0.338 e. The zero-order valence-corrected chi connectivity index (χ0v) is 16.7. The van der Waals surface area contributed by atoms with Crippen LogP contribution < -0.4 is 5.32 Å². The topological polar surface area (TPSA) is 55.4 Å². The van der Waals surface area contributed by atoms with E-state index in [1.54, 1.807) is 31.2 Å². The van der Waals surface area contributed by atoms with Crippen LogP contribution in [-0.4, -0.2) is 29.5 Å². The van der Waals surface area contributed by atoms with Crippen molar-refractivity contribution in [2.75, 3.05) is 16.8 Å². The van der Waals surface area contributed by atoms with Gasteiger partial charge in [-0.05, 0) is 49.2 Å². The smallest absolute Gasteiger partial charge is 0.338 e. The lowest BCUT2D eigenvalue weighted by molar-refractivity contribution is -0.123. The molecule has 7 heteroatoms. The van der Waals surface area contributed by atoms with E-state index in [1.807, 2.05) is 35.7 Å². The fourth-order valence-corrected chi connectivity index (χ4v) is 5.38. The highest BCUT2D eigenvalue weighted by Gasteiger charge is 2.21. The first-order valence-corrected chi connectivity index (χ1v) is 10.6. The number of aryl methyl sites for hydroxylation is 1. The molecular weight excluding hydrogens is 385 g/mol. The second-order valence-corrected chi connectivity index (χ2v) is 8.92. The minimum absolute atomic E-state index is 0.321. The molecule has 0 radical (unpaired) electrons. The van der Waals surface area contributed by atoms with Crippen LogP contribution in [0.1, 0.15) is 33.0 Å². The first-order chi connectivity index (χ1) is 12.9. The molecule has 2 aromatic rings. The molecule has 0 unspecified atom stereocenters. The molecule has 27 heavy (non-hydrogen) atoms. The number of carbonyl (C=O) groups is 2. The molecule has 0 aromatic heterocycles. The summed E-state index contributed by atoms with van der Waals surface area (Å²) in [5.74, 6) is 0.789. The first kappa shape index (κ1) is 19.8. The lowest BCUT2D eigenvalue weighted by atomic mass is 10.1. The van der Waals surface area contributed by atoms with Crippen molar-refractivity contribution in [3.63, 3.8) is 0 Å². The standard InChI is InChI=1S/C20H20FNO3S2/c1-12-3-8-16(11-17(12)21)22-18(23)13(2)25-19(24)14-4-6-15(7-5-14)20-26-9-10-27-20/h3-8,11,13,20H,9-10H2,1-2H3,(H,22,23)/t13-/m0/s1. The molecule has 142 valence electrons. The lowest BCUT2D eigenvalue weighted by Gasteiger charge is -2.14. The Morgan fingerprint density at radius 1 is 1.15 bits per heavy atom. The first-order valence-electron chi connectivity index (χ1n) is 8.55. The van der Waals surface area contributed by atoms with Crippen molar-refractivity contribution >= 4 is 41.1 Å². The summed E-state index contributed by atoms with van der Waals surface area (Å²) >= 11 is 3.79. The third-order valence-electron chi connectivity index (χ3n) is 4.13. The zero-order chi connectivity index (χ0) is 19.4. The van der Waals surface area contributed by atoms with E-state index in [2.05, 4.69) is 5.32 Å². The number of esters is 1. The van der Waals surface area contributed by atoms with E-state index in [1.165, 1.54) is 18.6 Å². The maximum atomic E-state index is 13.6. The van der Waals surface area contributed by atoms with Crippen LogP contribution in [0.2, 0.25) is 0 Å². The number of halogens is 1. The molecule has 1 aliphatic heterocycles.